The molecule has 150 valence electrons. The molecule has 0 unspecified atom stereocenters. The van der Waals surface area contributed by atoms with E-state index in [0.717, 1.165) is 42.6 Å². The van der Waals surface area contributed by atoms with Gasteiger partial charge in [-0.1, -0.05) is 23.5 Å². The highest BCUT2D eigenvalue weighted by Gasteiger charge is 2.19. The van der Waals surface area contributed by atoms with E-state index in [-0.39, 0.29) is 5.91 Å². The van der Waals surface area contributed by atoms with Crippen molar-refractivity contribution in [1.29, 1.82) is 0 Å². The van der Waals surface area contributed by atoms with Gasteiger partial charge < -0.3 is 10.5 Å². The first-order valence-electron chi connectivity index (χ1n) is 9.46. The molecule has 8 heteroatoms. The fraction of sp³-hybridized carbons (Fsp3) is 0.136. The summed E-state index contributed by atoms with van der Waals surface area (Å²) in [7, 11) is 0. The number of nitrogens with two attached hydrogens (primary N) is 1. The average Bonchev–Trinajstić information content (AvgIpc) is 3.26. The molecule has 0 radical (unpaired) electrons. The number of rotatable bonds is 4. The van der Waals surface area contributed by atoms with Crippen molar-refractivity contribution in [1.82, 2.24) is 9.97 Å². The Kier molecular flexibility index (Phi) is 4.52. The lowest BCUT2D eigenvalue weighted by Crippen LogP contribution is -2.11. The van der Waals surface area contributed by atoms with Crippen molar-refractivity contribution in [3.05, 3.63) is 52.9 Å². The molecule has 1 amide bonds. The Balaban J connectivity index is 1.49. The highest BCUT2D eigenvalue weighted by Crippen LogP contribution is 2.36. The molecular formula is C22H18N4O2S2. The number of thiophene rings is 1. The molecule has 6 nitrogen and oxygen atoms in total. The summed E-state index contributed by atoms with van der Waals surface area (Å²) >= 11 is 2.70. The molecule has 3 aromatic heterocycles. The predicted molar refractivity (Wildman–Crippen MR) is 125 cm³/mol. The van der Waals surface area contributed by atoms with Crippen LogP contribution in [0.25, 0.3) is 31.3 Å². The summed E-state index contributed by atoms with van der Waals surface area (Å²) in [4.78, 5) is 23.3. The minimum atomic E-state index is -0.278. The number of nitrogen functional groups attached to an aromatic ring is 1. The van der Waals surface area contributed by atoms with Crippen molar-refractivity contribution in [2.24, 2.45) is 0 Å². The van der Waals surface area contributed by atoms with Crippen LogP contribution in [0.2, 0.25) is 0 Å². The van der Waals surface area contributed by atoms with Crippen molar-refractivity contribution < 1.29 is 9.53 Å². The lowest BCUT2D eigenvalue weighted by atomic mass is 10.1. The SMILES string of the molecule is CCOc1ccc2nc(NC(=O)c3sc4nc5cc(C)ccc5cc4c3N)sc2c1. The fourth-order valence-corrected chi connectivity index (χ4v) is 5.21. The number of thiazole rings is 1. The zero-order chi connectivity index (χ0) is 20.8. The van der Waals surface area contributed by atoms with Gasteiger partial charge in [0.25, 0.3) is 5.91 Å². The van der Waals surface area contributed by atoms with Crippen molar-refractivity contribution in [3.63, 3.8) is 0 Å². The number of fused-ring (bicyclic) bond motifs is 3. The average molecular weight is 435 g/mol. The van der Waals surface area contributed by atoms with E-state index >= 15 is 0 Å². The number of benzene rings is 2. The van der Waals surface area contributed by atoms with Crippen LogP contribution in [0.5, 0.6) is 5.75 Å². The van der Waals surface area contributed by atoms with Gasteiger partial charge in [-0.15, -0.1) is 11.3 Å². The van der Waals surface area contributed by atoms with Gasteiger partial charge in [-0.2, -0.15) is 0 Å². The first kappa shape index (κ1) is 18.8. The molecule has 0 atom stereocenters. The molecular weight excluding hydrogens is 416 g/mol. The Hall–Kier alpha value is -3.23. The lowest BCUT2D eigenvalue weighted by molar-refractivity contribution is 0.103. The van der Waals surface area contributed by atoms with E-state index in [1.165, 1.54) is 22.7 Å². The zero-order valence-electron chi connectivity index (χ0n) is 16.4. The maximum Gasteiger partial charge on any atom is 0.269 e. The summed E-state index contributed by atoms with van der Waals surface area (Å²) in [5.41, 5.74) is 9.61. The molecule has 0 bridgehead atoms. The van der Waals surface area contributed by atoms with Crippen molar-refractivity contribution in [2.45, 2.75) is 13.8 Å². The Morgan fingerprint density at radius 3 is 2.80 bits per heavy atom. The van der Waals surface area contributed by atoms with Gasteiger partial charge in [-0.05, 0) is 49.7 Å². The maximum atomic E-state index is 12.9. The van der Waals surface area contributed by atoms with E-state index < -0.39 is 0 Å². The number of carbonyl (C=O) groups excluding carboxylic acids is 1. The number of anilines is 2. The number of ether oxygens (including phenoxy) is 1. The first-order chi connectivity index (χ1) is 14.5. The van der Waals surface area contributed by atoms with Crippen LogP contribution >= 0.6 is 22.7 Å². The first-order valence-corrected chi connectivity index (χ1v) is 11.1. The van der Waals surface area contributed by atoms with E-state index in [1.807, 2.05) is 56.3 Å². The minimum absolute atomic E-state index is 0.278. The Morgan fingerprint density at radius 2 is 1.97 bits per heavy atom. The number of pyridine rings is 1. The quantitative estimate of drug-likeness (QED) is 0.384. The molecule has 0 saturated carbocycles. The van der Waals surface area contributed by atoms with Gasteiger partial charge in [-0.3, -0.25) is 10.1 Å². The number of nitrogens with zero attached hydrogens (tertiary/aromatic N) is 2. The minimum Gasteiger partial charge on any atom is -0.494 e. The molecule has 0 aliphatic carbocycles. The Morgan fingerprint density at radius 1 is 1.10 bits per heavy atom. The number of amides is 1. The van der Waals surface area contributed by atoms with E-state index in [2.05, 4.69) is 10.3 Å². The van der Waals surface area contributed by atoms with Gasteiger partial charge in [0, 0.05) is 10.8 Å². The van der Waals surface area contributed by atoms with Crippen LogP contribution in [0.15, 0.2) is 42.5 Å². The van der Waals surface area contributed by atoms with Crippen molar-refractivity contribution >= 4 is 70.7 Å². The highest BCUT2D eigenvalue weighted by molar-refractivity contribution is 7.23. The molecule has 0 aliphatic rings. The van der Waals surface area contributed by atoms with Gasteiger partial charge in [-0.25, -0.2) is 9.97 Å². The van der Waals surface area contributed by atoms with E-state index in [0.29, 0.717) is 22.3 Å². The highest BCUT2D eigenvalue weighted by atomic mass is 32.1. The number of aryl methyl sites for hydroxylation is 1. The van der Waals surface area contributed by atoms with Crippen LogP contribution in [-0.4, -0.2) is 22.5 Å². The predicted octanol–water partition coefficient (Wildman–Crippen LogP) is 5.60. The van der Waals surface area contributed by atoms with Gasteiger partial charge in [0.05, 0.1) is 28.0 Å². The zero-order valence-corrected chi connectivity index (χ0v) is 18.0. The summed E-state index contributed by atoms with van der Waals surface area (Å²) < 4.78 is 6.48. The fourth-order valence-electron chi connectivity index (χ4n) is 3.34. The summed E-state index contributed by atoms with van der Waals surface area (Å²) in [6.07, 6.45) is 0. The topological polar surface area (TPSA) is 90.1 Å². The maximum absolute atomic E-state index is 12.9. The van der Waals surface area contributed by atoms with Gasteiger partial charge in [0.15, 0.2) is 5.13 Å². The molecule has 30 heavy (non-hydrogen) atoms. The molecule has 3 N–H and O–H groups in total. The second-order valence-electron chi connectivity index (χ2n) is 6.92. The van der Waals surface area contributed by atoms with E-state index in [4.69, 9.17) is 15.5 Å². The second kappa shape index (κ2) is 7.23. The van der Waals surface area contributed by atoms with Crippen LogP contribution in [0, 0.1) is 6.92 Å². The lowest BCUT2D eigenvalue weighted by Gasteiger charge is -2.00. The summed E-state index contributed by atoms with van der Waals surface area (Å²) in [6.45, 7) is 4.57. The van der Waals surface area contributed by atoms with Crippen LogP contribution < -0.4 is 15.8 Å². The third-order valence-corrected chi connectivity index (χ3v) is 6.82. The number of hydrogen-bond acceptors (Lipinski definition) is 7. The number of aromatic nitrogens is 2. The van der Waals surface area contributed by atoms with Crippen LogP contribution in [0.1, 0.15) is 22.2 Å². The smallest absolute Gasteiger partial charge is 0.269 e. The normalized spacial score (nSPS) is 11.4. The number of carbonyl (C=O) groups is 1. The number of hydrogen-bond donors (Lipinski definition) is 2. The Bertz CT molecular complexity index is 1440. The van der Waals surface area contributed by atoms with Crippen LogP contribution in [0.4, 0.5) is 10.8 Å². The third kappa shape index (κ3) is 3.24. The molecule has 5 aromatic rings. The Labute approximate surface area is 180 Å². The second-order valence-corrected chi connectivity index (χ2v) is 8.95. The molecule has 0 fully saturated rings. The molecule has 5 rings (SSSR count). The summed E-state index contributed by atoms with van der Waals surface area (Å²) in [5.74, 6) is 0.508. The van der Waals surface area contributed by atoms with Gasteiger partial charge >= 0.3 is 0 Å². The van der Waals surface area contributed by atoms with Crippen LogP contribution in [0.3, 0.4) is 0 Å². The van der Waals surface area contributed by atoms with Crippen molar-refractivity contribution in [3.8, 4) is 5.75 Å². The van der Waals surface area contributed by atoms with E-state index in [9.17, 15) is 4.79 Å². The third-order valence-electron chi connectivity index (χ3n) is 4.77. The van der Waals surface area contributed by atoms with Gasteiger partial charge in [0.2, 0.25) is 0 Å². The molecule has 3 heterocycles. The summed E-state index contributed by atoms with van der Waals surface area (Å²) in [6, 6.07) is 13.8. The standard InChI is InChI=1S/C22H18N4O2S2/c1-3-28-13-6-7-15-17(10-13)29-22(25-15)26-20(27)19-18(23)14-9-12-5-4-11(2)8-16(12)24-21(14)30-19/h4-10H,3,23H2,1-2H3,(H,25,26,27). The van der Waals surface area contributed by atoms with Crippen molar-refractivity contribution in [2.75, 3.05) is 17.7 Å². The summed E-state index contributed by atoms with van der Waals surface area (Å²) in [5, 5.41) is 5.20. The molecule has 0 saturated heterocycles. The van der Waals surface area contributed by atoms with Gasteiger partial charge in [0.1, 0.15) is 15.5 Å². The molecule has 0 aliphatic heterocycles. The molecule has 0 spiro atoms. The monoisotopic (exact) mass is 434 g/mol. The van der Waals surface area contributed by atoms with E-state index in [1.54, 1.807) is 0 Å². The van der Waals surface area contributed by atoms with Crippen LogP contribution in [-0.2, 0) is 0 Å². The molecule has 2 aromatic carbocycles. The number of nitrogens with one attached hydrogen (secondary N) is 1. The largest absolute Gasteiger partial charge is 0.494 e.